The molecule has 3 rings (SSSR count). The molecule has 5 nitrogen and oxygen atoms in total. The molecule has 2 heterocycles. The van der Waals surface area contributed by atoms with Crippen molar-refractivity contribution in [3.8, 4) is 0 Å². The van der Waals surface area contributed by atoms with Crippen molar-refractivity contribution in [3.63, 3.8) is 0 Å². The van der Waals surface area contributed by atoms with Gasteiger partial charge >= 0.3 is 6.09 Å². The van der Waals surface area contributed by atoms with Gasteiger partial charge in [-0.2, -0.15) is 0 Å². The van der Waals surface area contributed by atoms with Crippen molar-refractivity contribution in [2.45, 2.75) is 25.5 Å². The molecule has 0 spiro atoms. The van der Waals surface area contributed by atoms with Crippen molar-refractivity contribution in [1.82, 2.24) is 15.5 Å². The van der Waals surface area contributed by atoms with Gasteiger partial charge in [0.25, 0.3) is 0 Å². The summed E-state index contributed by atoms with van der Waals surface area (Å²) in [6.07, 6.45) is 2.25. The summed E-state index contributed by atoms with van der Waals surface area (Å²) < 4.78 is 5.22. The second-order valence-corrected chi connectivity index (χ2v) is 6.26. The van der Waals surface area contributed by atoms with Gasteiger partial charge in [0.2, 0.25) is 0 Å². The predicted octanol–water partition coefficient (Wildman–Crippen LogP) is 1.60. The van der Waals surface area contributed by atoms with Crippen LogP contribution in [0.15, 0.2) is 30.3 Å². The average molecular weight is 303 g/mol. The number of alkyl carbamates (subject to hydrolysis) is 1. The third-order valence-corrected chi connectivity index (χ3v) is 4.52. The van der Waals surface area contributed by atoms with Gasteiger partial charge in [-0.05, 0) is 24.9 Å². The molecule has 1 amide bonds. The summed E-state index contributed by atoms with van der Waals surface area (Å²) in [7, 11) is 0. The van der Waals surface area contributed by atoms with Crippen LogP contribution >= 0.6 is 0 Å². The van der Waals surface area contributed by atoms with Gasteiger partial charge in [-0.25, -0.2) is 4.79 Å². The molecule has 1 atom stereocenters. The maximum Gasteiger partial charge on any atom is 0.407 e. The van der Waals surface area contributed by atoms with Crippen molar-refractivity contribution in [2.24, 2.45) is 5.92 Å². The third-order valence-electron chi connectivity index (χ3n) is 4.52. The van der Waals surface area contributed by atoms with Crippen LogP contribution in [0.25, 0.3) is 0 Å². The predicted molar refractivity (Wildman–Crippen MR) is 85.6 cm³/mol. The molecule has 22 heavy (non-hydrogen) atoms. The Morgan fingerprint density at radius 2 is 2.14 bits per heavy atom. The van der Waals surface area contributed by atoms with Gasteiger partial charge in [0, 0.05) is 38.1 Å². The zero-order chi connectivity index (χ0) is 15.2. The molecule has 2 fully saturated rings. The second kappa shape index (κ2) is 7.61. The second-order valence-electron chi connectivity index (χ2n) is 6.26. The lowest BCUT2D eigenvalue weighted by Gasteiger charge is -2.45. The number of hydrogen-bond donors (Lipinski definition) is 2. The summed E-state index contributed by atoms with van der Waals surface area (Å²) >= 11 is 0. The van der Waals surface area contributed by atoms with Gasteiger partial charge in [-0.3, -0.25) is 4.90 Å². The maximum atomic E-state index is 11.7. The Hall–Kier alpha value is -1.59. The average Bonchev–Trinajstić information content (AvgIpc) is 2.53. The summed E-state index contributed by atoms with van der Waals surface area (Å²) in [5, 5.41) is 6.32. The summed E-state index contributed by atoms with van der Waals surface area (Å²) in [6, 6.07) is 10.4. The molecule has 0 aromatic heterocycles. The highest BCUT2D eigenvalue weighted by Gasteiger charge is 2.32. The molecule has 2 saturated heterocycles. The van der Waals surface area contributed by atoms with Crippen LogP contribution in [0.2, 0.25) is 0 Å². The number of benzene rings is 1. The smallest absolute Gasteiger partial charge is 0.407 e. The molecular weight excluding hydrogens is 278 g/mol. The Morgan fingerprint density at radius 3 is 2.86 bits per heavy atom. The van der Waals surface area contributed by atoms with E-state index >= 15 is 0 Å². The number of ether oxygens (including phenoxy) is 1. The van der Waals surface area contributed by atoms with Crippen LogP contribution in [-0.4, -0.2) is 49.8 Å². The summed E-state index contributed by atoms with van der Waals surface area (Å²) in [4.78, 5) is 14.2. The van der Waals surface area contributed by atoms with Crippen LogP contribution < -0.4 is 10.6 Å². The number of hydrogen-bond acceptors (Lipinski definition) is 4. The Balaban J connectivity index is 1.28. The lowest BCUT2D eigenvalue weighted by atomic mass is 9.94. The van der Waals surface area contributed by atoms with E-state index in [4.69, 9.17) is 4.74 Å². The van der Waals surface area contributed by atoms with Crippen molar-refractivity contribution in [2.75, 3.05) is 32.7 Å². The van der Waals surface area contributed by atoms with E-state index in [1.54, 1.807) is 0 Å². The first-order chi connectivity index (χ1) is 10.8. The molecule has 0 radical (unpaired) electrons. The Kier molecular flexibility index (Phi) is 5.29. The zero-order valence-corrected chi connectivity index (χ0v) is 13.0. The maximum absolute atomic E-state index is 11.7. The largest absolute Gasteiger partial charge is 0.445 e. The highest BCUT2D eigenvalue weighted by Crippen LogP contribution is 2.21. The number of piperidine rings is 1. The number of amides is 1. The molecule has 0 aliphatic carbocycles. The van der Waals surface area contributed by atoms with Crippen LogP contribution in [0.1, 0.15) is 18.4 Å². The van der Waals surface area contributed by atoms with Crippen molar-refractivity contribution < 1.29 is 9.53 Å². The monoisotopic (exact) mass is 303 g/mol. The van der Waals surface area contributed by atoms with Gasteiger partial charge in [-0.15, -0.1) is 0 Å². The number of nitrogens with one attached hydrogen (secondary N) is 2. The number of likely N-dealkylation sites (tertiary alicyclic amines) is 1. The zero-order valence-electron chi connectivity index (χ0n) is 13.0. The first-order valence-electron chi connectivity index (χ1n) is 8.20. The van der Waals surface area contributed by atoms with E-state index in [1.807, 2.05) is 30.3 Å². The quantitative estimate of drug-likeness (QED) is 0.867. The number of rotatable bonds is 5. The lowest BCUT2D eigenvalue weighted by molar-refractivity contribution is 0.0402. The molecule has 0 saturated carbocycles. The van der Waals surface area contributed by atoms with E-state index in [-0.39, 0.29) is 6.09 Å². The van der Waals surface area contributed by atoms with E-state index < -0.39 is 0 Å². The molecule has 5 heteroatoms. The fourth-order valence-corrected chi connectivity index (χ4v) is 3.18. The van der Waals surface area contributed by atoms with Crippen molar-refractivity contribution in [1.29, 1.82) is 0 Å². The molecule has 120 valence electrons. The minimum absolute atomic E-state index is 0.318. The van der Waals surface area contributed by atoms with E-state index in [2.05, 4.69) is 15.5 Å². The molecule has 0 unspecified atom stereocenters. The van der Waals surface area contributed by atoms with Gasteiger partial charge in [0.15, 0.2) is 0 Å². The minimum atomic E-state index is -0.318. The van der Waals surface area contributed by atoms with Crippen LogP contribution in [-0.2, 0) is 11.3 Å². The normalized spacial score (nSPS) is 22.8. The molecular formula is C17H25N3O2. The molecule has 0 bridgehead atoms. The van der Waals surface area contributed by atoms with E-state index in [0.717, 1.165) is 31.7 Å². The molecule has 2 N–H and O–H groups in total. The first kappa shape index (κ1) is 15.3. The summed E-state index contributed by atoms with van der Waals surface area (Å²) in [5.74, 6) is 0.561. The van der Waals surface area contributed by atoms with Gasteiger partial charge < -0.3 is 15.4 Å². The van der Waals surface area contributed by atoms with E-state index in [1.165, 1.54) is 12.8 Å². The topological polar surface area (TPSA) is 53.6 Å². The SMILES string of the molecule is O=C(NCC1CN([C@H]2CCCNC2)C1)OCc1ccccc1. The van der Waals surface area contributed by atoms with Gasteiger partial charge in [0.05, 0.1) is 0 Å². The number of nitrogens with zero attached hydrogens (tertiary/aromatic N) is 1. The van der Waals surface area contributed by atoms with Crippen LogP contribution in [0.3, 0.4) is 0 Å². The summed E-state index contributed by atoms with van der Waals surface area (Å²) in [5.41, 5.74) is 1.01. The highest BCUT2D eigenvalue weighted by molar-refractivity contribution is 5.67. The van der Waals surface area contributed by atoms with Crippen molar-refractivity contribution >= 4 is 6.09 Å². The number of carbonyl (C=O) groups excluding carboxylic acids is 1. The Morgan fingerprint density at radius 1 is 1.32 bits per heavy atom. The van der Waals surface area contributed by atoms with Crippen LogP contribution in [0.5, 0.6) is 0 Å². The minimum Gasteiger partial charge on any atom is -0.445 e. The summed E-state index contributed by atoms with van der Waals surface area (Å²) in [6.45, 7) is 5.49. The number of carbonyl (C=O) groups is 1. The Labute approximate surface area is 132 Å². The van der Waals surface area contributed by atoms with E-state index in [9.17, 15) is 4.79 Å². The van der Waals surface area contributed by atoms with Crippen molar-refractivity contribution in [3.05, 3.63) is 35.9 Å². The van der Waals surface area contributed by atoms with E-state index in [0.29, 0.717) is 25.1 Å². The fraction of sp³-hybridized carbons (Fsp3) is 0.588. The molecule has 2 aliphatic rings. The highest BCUT2D eigenvalue weighted by atomic mass is 16.5. The molecule has 1 aromatic rings. The molecule has 1 aromatic carbocycles. The lowest BCUT2D eigenvalue weighted by Crippen LogP contribution is -2.58. The first-order valence-corrected chi connectivity index (χ1v) is 8.20. The Bertz CT molecular complexity index is 468. The molecule has 2 aliphatic heterocycles. The van der Waals surface area contributed by atoms with Gasteiger partial charge in [-0.1, -0.05) is 30.3 Å². The van der Waals surface area contributed by atoms with Crippen LogP contribution in [0, 0.1) is 5.92 Å². The third kappa shape index (κ3) is 4.21. The standard InChI is InChI=1S/C17H25N3O2/c21-17(22-13-14-5-2-1-3-6-14)19-9-15-11-20(12-15)16-7-4-8-18-10-16/h1-3,5-6,15-16,18H,4,7-13H2,(H,19,21)/t16-/m0/s1. The fourth-order valence-electron chi connectivity index (χ4n) is 3.18. The van der Waals surface area contributed by atoms with Gasteiger partial charge in [0.1, 0.15) is 6.61 Å². The van der Waals surface area contributed by atoms with Crippen LogP contribution in [0.4, 0.5) is 4.79 Å².